The van der Waals surface area contributed by atoms with Crippen LogP contribution in [-0.2, 0) is 13.6 Å². The van der Waals surface area contributed by atoms with Crippen molar-refractivity contribution in [3.8, 4) is 0 Å². The molecule has 0 N–H and O–H groups in total. The Morgan fingerprint density at radius 2 is 1.88 bits per heavy atom. The maximum atomic E-state index is 12.3. The Balaban J connectivity index is 2.60. The van der Waals surface area contributed by atoms with Crippen LogP contribution in [-0.4, -0.2) is 13.7 Å². The highest BCUT2D eigenvalue weighted by atomic mass is 31.2. The molecule has 0 bridgehead atoms. The number of hydrogen-bond acceptors (Lipinski definition) is 3. The second kappa shape index (κ2) is 6.85. The van der Waals surface area contributed by atoms with E-state index < -0.39 is 7.60 Å². The van der Waals surface area contributed by atoms with Gasteiger partial charge in [0.25, 0.3) is 0 Å². The fraction of sp³-hybridized carbons (Fsp3) is 0.500. The SMILES string of the molecule is CCCCCOP(=O)(OC)c1ccccc1. The topological polar surface area (TPSA) is 35.5 Å². The van der Waals surface area contributed by atoms with Gasteiger partial charge < -0.3 is 9.05 Å². The molecule has 0 aliphatic carbocycles. The third kappa shape index (κ3) is 3.75. The molecule has 0 aromatic heterocycles. The number of benzene rings is 1. The average Bonchev–Trinajstić information content (AvgIpc) is 2.35. The summed E-state index contributed by atoms with van der Waals surface area (Å²) in [6.45, 7) is 2.60. The molecule has 0 saturated heterocycles. The zero-order valence-electron chi connectivity index (χ0n) is 9.89. The summed E-state index contributed by atoms with van der Waals surface area (Å²) < 4.78 is 22.7. The number of unbranched alkanes of at least 4 members (excludes halogenated alkanes) is 2. The van der Waals surface area contributed by atoms with E-state index in [9.17, 15) is 4.57 Å². The lowest BCUT2D eigenvalue weighted by Gasteiger charge is -2.16. The van der Waals surface area contributed by atoms with E-state index in [0.717, 1.165) is 19.3 Å². The van der Waals surface area contributed by atoms with Gasteiger partial charge in [0.05, 0.1) is 11.9 Å². The molecule has 90 valence electrons. The molecule has 3 nitrogen and oxygen atoms in total. The second-order valence-electron chi connectivity index (χ2n) is 3.56. The lowest BCUT2D eigenvalue weighted by atomic mass is 10.3. The van der Waals surface area contributed by atoms with E-state index in [1.165, 1.54) is 7.11 Å². The van der Waals surface area contributed by atoms with Crippen LogP contribution in [0.15, 0.2) is 30.3 Å². The van der Waals surface area contributed by atoms with Crippen molar-refractivity contribution in [1.82, 2.24) is 0 Å². The van der Waals surface area contributed by atoms with Crippen molar-refractivity contribution >= 4 is 12.9 Å². The van der Waals surface area contributed by atoms with E-state index in [-0.39, 0.29) is 0 Å². The molecule has 0 aliphatic rings. The molecule has 0 radical (unpaired) electrons. The molecule has 16 heavy (non-hydrogen) atoms. The van der Waals surface area contributed by atoms with Crippen LogP contribution in [0, 0.1) is 0 Å². The van der Waals surface area contributed by atoms with E-state index in [1.807, 2.05) is 18.2 Å². The quantitative estimate of drug-likeness (QED) is 0.543. The Bertz CT molecular complexity index is 337. The average molecular weight is 242 g/mol. The third-order valence-corrected chi connectivity index (χ3v) is 4.26. The van der Waals surface area contributed by atoms with Crippen LogP contribution >= 0.6 is 7.60 Å². The molecule has 1 atom stereocenters. The highest BCUT2D eigenvalue weighted by Crippen LogP contribution is 2.45. The van der Waals surface area contributed by atoms with Crippen LogP contribution < -0.4 is 5.30 Å². The first kappa shape index (κ1) is 13.4. The summed E-state index contributed by atoms with van der Waals surface area (Å²) >= 11 is 0. The van der Waals surface area contributed by atoms with Gasteiger partial charge in [0.2, 0.25) is 0 Å². The molecule has 4 heteroatoms. The Kier molecular flexibility index (Phi) is 5.75. The maximum absolute atomic E-state index is 12.3. The molecule has 1 rings (SSSR count). The van der Waals surface area contributed by atoms with Crippen molar-refractivity contribution < 1.29 is 13.6 Å². The first-order chi connectivity index (χ1) is 7.73. The van der Waals surface area contributed by atoms with Gasteiger partial charge in [-0.1, -0.05) is 38.0 Å². The molecular formula is C12H19O3P. The van der Waals surface area contributed by atoms with Gasteiger partial charge in [-0.05, 0) is 18.6 Å². The van der Waals surface area contributed by atoms with Crippen molar-refractivity contribution in [1.29, 1.82) is 0 Å². The van der Waals surface area contributed by atoms with Crippen LogP contribution in [0.5, 0.6) is 0 Å². The lowest BCUT2D eigenvalue weighted by molar-refractivity contribution is 0.238. The summed E-state index contributed by atoms with van der Waals surface area (Å²) in [5.74, 6) is 0. The highest BCUT2D eigenvalue weighted by Gasteiger charge is 2.25. The Morgan fingerprint density at radius 3 is 2.44 bits per heavy atom. The van der Waals surface area contributed by atoms with E-state index in [2.05, 4.69) is 6.92 Å². The van der Waals surface area contributed by atoms with Gasteiger partial charge in [-0.25, -0.2) is 0 Å². The molecule has 0 amide bonds. The number of rotatable bonds is 7. The monoisotopic (exact) mass is 242 g/mol. The fourth-order valence-electron chi connectivity index (χ4n) is 1.38. The van der Waals surface area contributed by atoms with Crippen LogP contribution in [0.1, 0.15) is 26.2 Å². The van der Waals surface area contributed by atoms with Crippen molar-refractivity contribution in [3.05, 3.63) is 30.3 Å². The van der Waals surface area contributed by atoms with Crippen molar-refractivity contribution in [2.24, 2.45) is 0 Å². The fourth-order valence-corrected chi connectivity index (χ4v) is 2.75. The van der Waals surface area contributed by atoms with E-state index in [4.69, 9.17) is 9.05 Å². The van der Waals surface area contributed by atoms with Gasteiger partial charge in [-0.3, -0.25) is 4.57 Å². The third-order valence-electron chi connectivity index (χ3n) is 2.32. The summed E-state index contributed by atoms with van der Waals surface area (Å²) in [4.78, 5) is 0. The normalized spacial score (nSPS) is 14.6. The van der Waals surface area contributed by atoms with Gasteiger partial charge in [0.15, 0.2) is 0 Å². The summed E-state index contributed by atoms with van der Waals surface area (Å²) in [5.41, 5.74) is 0. The predicted octanol–water partition coefficient (Wildman–Crippen LogP) is 3.36. The molecule has 1 aromatic carbocycles. The lowest BCUT2D eigenvalue weighted by Crippen LogP contribution is -2.09. The van der Waals surface area contributed by atoms with Crippen LogP contribution in [0.4, 0.5) is 0 Å². The first-order valence-corrected chi connectivity index (χ1v) is 7.13. The van der Waals surface area contributed by atoms with Crippen LogP contribution in [0.25, 0.3) is 0 Å². The molecule has 1 aromatic rings. The zero-order chi connectivity index (χ0) is 11.9. The largest absolute Gasteiger partial charge is 0.361 e. The standard InChI is InChI=1S/C12H19O3P/c1-3-4-8-11-15-16(13,14-2)12-9-6-5-7-10-12/h5-7,9-10H,3-4,8,11H2,1-2H3. The molecule has 0 saturated carbocycles. The molecule has 0 heterocycles. The first-order valence-electron chi connectivity index (χ1n) is 5.59. The highest BCUT2D eigenvalue weighted by molar-refractivity contribution is 7.62. The summed E-state index contributed by atoms with van der Waals surface area (Å²) in [7, 11) is -1.67. The van der Waals surface area contributed by atoms with E-state index >= 15 is 0 Å². The molecule has 0 spiro atoms. The van der Waals surface area contributed by atoms with Crippen molar-refractivity contribution in [2.45, 2.75) is 26.2 Å². The molecular weight excluding hydrogens is 223 g/mol. The Hall–Kier alpha value is -0.630. The zero-order valence-corrected chi connectivity index (χ0v) is 10.8. The van der Waals surface area contributed by atoms with Gasteiger partial charge in [-0.15, -0.1) is 0 Å². The summed E-state index contributed by atoms with van der Waals surface area (Å²) in [6.07, 6.45) is 3.11. The molecule has 1 unspecified atom stereocenters. The minimum Gasteiger partial charge on any atom is -0.309 e. The minimum absolute atomic E-state index is 0.480. The van der Waals surface area contributed by atoms with Crippen molar-refractivity contribution in [2.75, 3.05) is 13.7 Å². The van der Waals surface area contributed by atoms with E-state index in [0.29, 0.717) is 11.9 Å². The van der Waals surface area contributed by atoms with Gasteiger partial charge in [0.1, 0.15) is 0 Å². The summed E-state index contributed by atoms with van der Waals surface area (Å²) in [6, 6.07) is 9.07. The van der Waals surface area contributed by atoms with Crippen LogP contribution in [0.3, 0.4) is 0 Å². The maximum Gasteiger partial charge on any atom is 0.361 e. The minimum atomic E-state index is -3.09. The van der Waals surface area contributed by atoms with E-state index in [1.54, 1.807) is 12.1 Å². The Labute approximate surface area is 97.3 Å². The molecule has 0 aliphatic heterocycles. The molecule has 0 fully saturated rings. The number of hydrogen-bond donors (Lipinski definition) is 0. The van der Waals surface area contributed by atoms with Gasteiger partial charge in [-0.2, -0.15) is 0 Å². The van der Waals surface area contributed by atoms with Gasteiger partial charge >= 0.3 is 7.60 Å². The predicted molar refractivity (Wildman–Crippen MR) is 66.2 cm³/mol. The van der Waals surface area contributed by atoms with Crippen molar-refractivity contribution in [3.63, 3.8) is 0 Å². The summed E-state index contributed by atoms with van der Waals surface area (Å²) in [5, 5.41) is 0.619. The van der Waals surface area contributed by atoms with Crippen LogP contribution in [0.2, 0.25) is 0 Å². The Morgan fingerprint density at radius 1 is 1.19 bits per heavy atom. The second-order valence-corrected chi connectivity index (χ2v) is 5.69. The smallest absolute Gasteiger partial charge is 0.309 e. The van der Waals surface area contributed by atoms with Gasteiger partial charge in [0, 0.05) is 7.11 Å².